The van der Waals surface area contributed by atoms with Gasteiger partial charge in [0.1, 0.15) is 24.0 Å². The SMILES string of the molecule is [C-]#[N+]c1ccc(COc2cccc(-c3ccc4c(c3)OCCC4c3nc4ccc(C(=O)O)cc4n3CCOC)n2)c(F)c1. The van der Waals surface area contributed by atoms with Crippen LogP contribution in [0.2, 0.25) is 0 Å². The number of ether oxygens (including phenoxy) is 3. The highest BCUT2D eigenvalue weighted by Gasteiger charge is 2.29. The molecule has 0 radical (unpaired) electrons. The lowest BCUT2D eigenvalue weighted by molar-refractivity contribution is 0.0697. The molecule has 10 heteroatoms. The second kappa shape index (κ2) is 11.9. The number of benzene rings is 3. The van der Waals surface area contributed by atoms with Gasteiger partial charge in [-0.1, -0.05) is 30.3 Å². The number of fused-ring (bicyclic) bond motifs is 2. The molecule has 0 fully saturated rings. The van der Waals surface area contributed by atoms with Gasteiger partial charge >= 0.3 is 5.97 Å². The van der Waals surface area contributed by atoms with E-state index in [4.69, 9.17) is 25.8 Å². The summed E-state index contributed by atoms with van der Waals surface area (Å²) in [6.45, 7) is 8.47. The minimum Gasteiger partial charge on any atom is -0.493 e. The normalized spacial score (nSPS) is 14.1. The monoisotopic (exact) mass is 578 g/mol. The first-order valence-electron chi connectivity index (χ1n) is 13.7. The topological polar surface area (TPSA) is 100 Å². The van der Waals surface area contributed by atoms with Gasteiger partial charge in [-0.05, 0) is 42.8 Å². The van der Waals surface area contributed by atoms with Gasteiger partial charge in [0.2, 0.25) is 5.88 Å². The van der Waals surface area contributed by atoms with E-state index in [2.05, 4.69) is 9.83 Å². The summed E-state index contributed by atoms with van der Waals surface area (Å²) in [5.41, 5.74) is 4.73. The third-order valence-corrected chi connectivity index (χ3v) is 7.47. The first-order chi connectivity index (χ1) is 20.9. The van der Waals surface area contributed by atoms with E-state index < -0.39 is 11.8 Å². The molecule has 3 aromatic carbocycles. The number of carboxylic acids is 1. The Morgan fingerprint density at radius 2 is 2.02 bits per heavy atom. The second-order valence-corrected chi connectivity index (χ2v) is 10.1. The Morgan fingerprint density at radius 3 is 2.81 bits per heavy atom. The van der Waals surface area contributed by atoms with Crippen molar-refractivity contribution in [2.24, 2.45) is 0 Å². The van der Waals surface area contributed by atoms with Crippen LogP contribution in [0.3, 0.4) is 0 Å². The van der Waals surface area contributed by atoms with E-state index in [0.717, 1.165) is 33.7 Å². The molecule has 3 heterocycles. The second-order valence-electron chi connectivity index (χ2n) is 10.1. The molecular weight excluding hydrogens is 551 g/mol. The molecule has 0 bridgehead atoms. The maximum atomic E-state index is 14.3. The number of hydrogen-bond donors (Lipinski definition) is 1. The van der Waals surface area contributed by atoms with Crippen molar-refractivity contribution in [3.63, 3.8) is 0 Å². The first kappa shape index (κ1) is 27.9. The molecule has 5 aromatic rings. The van der Waals surface area contributed by atoms with Crippen LogP contribution in [-0.2, 0) is 17.9 Å². The van der Waals surface area contributed by atoms with Gasteiger partial charge in [-0.15, -0.1) is 0 Å². The molecule has 1 N–H and O–H groups in total. The molecule has 43 heavy (non-hydrogen) atoms. The number of imidazole rings is 1. The number of nitrogens with zero attached hydrogens (tertiary/aromatic N) is 4. The molecule has 6 rings (SSSR count). The van der Waals surface area contributed by atoms with Gasteiger partial charge in [-0.25, -0.2) is 24.0 Å². The molecule has 0 spiro atoms. The molecule has 0 saturated heterocycles. The summed E-state index contributed by atoms with van der Waals surface area (Å²) in [5.74, 6) is 0.344. The number of pyridine rings is 1. The third-order valence-electron chi connectivity index (χ3n) is 7.47. The Bertz CT molecular complexity index is 1880. The van der Waals surface area contributed by atoms with Gasteiger partial charge in [0.05, 0.1) is 42.1 Å². The number of halogens is 1. The van der Waals surface area contributed by atoms with Crippen LogP contribution in [-0.4, -0.2) is 45.9 Å². The number of carbonyl (C=O) groups is 1. The Balaban J connectivity index is 1.29. The lowest BCUT2D eigenvalue weighted by Gasteiger charge is -2.27. The fraction of sp³-hybridized carbons (Fsp3) is 0.212. The zero-order chi connectivity index (χ0) is 29.9. The maximum Gasteiger partial charge on any atom is 0.335 e. The van der Waals surface area contributed by atoms with Gasteiger partial charge in [0.15, 0.2) is 5.69 Å². The fourth-order valence-electron chi connectivity index (χ4n) is 5.31. The Hall–Kier alpha value is -5.27. The fourth-order valence-corrected chi connectivity index (χ4v) is 5.31. The molecule has 1 aliphatic rings. The molecule has 1 atom stereocenters. The van der Waals surface area contributed by atoms with Crippen LogP contribution in [0.15, 0.2) is 72.8 Å². The standard InChI is InChI=1S/C33H27FN4O5/c1-35-23-9-6-22(26(34)18-23)19-43-31-5-3-4-27(36-31)20-7-10-24-25(12-14-42-30(24)17-20)32-37-28-11-8-21(33(39)40)16-29(28)38(32)13-15-41-2/h3-11,16-18,25H,12-15,19H2,2H3,(H,39,40). The summed E-state index contributed by atoms with van der Waals surface area (Å²) in [5, 5.41) is 9.54. The largest absolute Gasteiger partial charge is 0.493 e. The summed E-state index contributed by atoms with van der Waals surface area (Å²) in [6, 6.07) is 20.6. The molecule has 0 aliphatic carbocycles. The molecule has 0 amide bonds. The third kappa shape index (κ3) is 5.63. The van der Waals surface area contributed by atoms with E-state index in [1.165, 1.54) is 6.07 Å². The summed E-state index contributed by atoms with van der Waals surface area (Å²) in [4.78, 5) is 24.4. The van der Waals surface area contributed by atoms with E-state index in [1.54, 1.807) is 43.5 Å². The Labute approximate surface area is 246 Å². The molecule has 2 aromatic heterocycles. The van der Waals surface area contributed by atoms with Crippen molar-refractivity contribution < 1.29 is 28.5 Å². The van der Waals surface area contributed by atoms with Crippen molar-refractivity contribution in [1.29, 1.82) is 0 Å². The van der Waals surface area contributed by atoms with Gasteiger partial charge in [-0.2, -0.15) is 0 Å². The van der Waals surface area contributed by atoms with Crippen LogP contribution in [0, 0.1) is 12.4 Å². The number of aromatic carboxylic acids is 1. The van der Waals surface area contributed by atoms with Crippen molar-refractivity contribution in [3.05, 3.63) is 113 Å². The maximum absolute atomic E-state index is 14.3. The number of carboxylic acid groups (broad SMARTS) is 1. The summed E-state index contributed by atoms with van der Waals surface area (Å²) >= 11 is 0. The van der Waals surface area contributed by atoms with Crippen molar-refractivity contribution in [2.75, 3.05) is 20.3 Å². The van der Waals surface area contributed by atoms with E-state index in [0.29, 0.717) is 43.3 Å². The van der Waals surface area contributed by atoms with E-state index in [1.807, 2.05) is 34.9 Å². The van der Waals surface area contributed by atoms with Gasteiger partial charge in [0, 0.05) is 42.3 Å². The Kier molecular flexibility index (Phi) is 7.73. The summed E-state index contributed by atoms with van der Waals surface area (Å²) < 4.78 is 33.6. The number of methoxy groups -OCH3 is 1. The average molecular weight is 579 g/mol. The number of rotatable bonds is 9. The molecular formula is C33H27FN4O5. The molecule has 1 unspecified atom stereocenters. The highest BCUT2D eigenvalue weighted by Crippen LogP contribution is 2.41. The van der Waals surface area contributed by atoms with Crippen LogP contribution >= 0.6 is 0 Å². The summed E-state index contributed by atoms with van der Waals surface area (Å²) in [6.07, 6.45) is 0.712. The van der Waals surface area contributed by atoms with Crippen LogP contribution in [0.1, 0.15) is 39.6 Å². The van der Waals surface area contributed by atoms with Gasteiger partial charge in [0.25, 0.3) is 0 Å². The van der Waals surface area contributed by atoms with Crippen molar-refractivity contribution in [2.45, 2.75) is 25.5 Å². The lowest BCUT2D eigenvalue weighted by Crippen LogP contribution is -2.20. The number of aromatic nitrogens is 3. The molecule has 1 aliphatic heterocycles. The average Bonchev–Trinajstić information content (AvgIpc) is 3.40. The minimum absolute atomic E-state index is 0.0203. The van der Waals surface area contributed by atoms with Gasteiger partial charge in [-0.3, -0.25) is 0 Å². The van der Waals surface area contributed by atoms with Crippen LogP contribution in [0.5, 0.6) is 11.6 Å². The zero-order valence-corrected chi connectivity index (χ0v) is 23.3. The quantitative estimate of drug-likeness (QED) is 0.196. The highest BCUT2D eigenvalue weighted by atomic mass is 19.1. The van der Waals surface area contributed by atoms with Crippen molar-refractivity contribution >= 4 is 22.7 Å². The van der Waals surface area contributed by atoms with Crippen molar-refractivity contribution in [3.8, 4) is 22.9 Å². The van der Waals surface area contributed by atoms with E-state index >= 15 is 0 Å². The first-order valence-corrected chi connectivity index (χ1v) is 13.7. The molecule has 0 saturated carbocycles. The smallest absolute Gasteiger partial charge is 0.335 e. The number of hydrogen-bond acceptors (Lipinski definition) is 6. The predicted octanol–water partition coefficient (Wildman–Crippen LogP) is 6.63. The predicted molar refractivity (Wildman–Crippen MR) is 157 cm³/mol. The van der Waals surface area contributed by atoms with E-state index in [9.17, 15) is 14.3 Å². The zero-order valence-electron chi connectivity index (χ0n) is 23.3. The highest BCUT2D eigenvalue weighted by molar-refractivity contribution is 5.92. The van der Waals surface area contributed by atoms with Crippen LogP contribution < -0.4 is 9.47 Å². The van der Waals surface area contributed by atoms with Crippen LogP contribution in [0.25, 0.3) is 27.1 Å². The van der Waals surface area contributed by atoms with E-state index in [-0.39, 0.29) is 23.8 Å². The van der Waals surface area contributed by atoms with Gasteiger partial charge < -0.3 is 23.9 Å². The molecule has 216 valence electrons. The summed E-state index contributed by atoms with van der Waals surface area (Å²) in [7, 11) is 1.63. The Morgan fingerprint density at radius 1 is 1.14 bits per heavy atom. The minimum atomic E-state index is -0.989. The van der Waals surface area contributed by atoms with Crippen molar-refractivity contribution in [1.82, 2.24) is 14.5 Å². The van der Waals surface area contributed by atoms with Crippen LogP contribution in [0.4, 0.5) is 10.1 Å². The molecule has 9 nitrogen and oxygen atoms in total. The lowest BCUT2D eigenvalue weighted by atomic mass is 9.91.